The molecule has 1 aromatic carbocycles. The molecule has 3 nitrogen and oxygen atoms in total. The van der Waals surface area contributed by atoms with E-state index in [-0.39, 0.29) is 5.91 Å². The maximum atomic E-state index is 12.4. The lowest BCUT2D eigenvalue weighted by atomic mass is 9.95. The average Bonchev–Trinajstić information content (AvgIpc) is 3.19. The molecular weight excluding hydrogens is 272 g/mol. The molecule has 3 unspecified atom stereocenters. The molecule has 1 amide bonds. The maximum Gasteiger partial charge on any atom is 0.251 e. The highest BCUT2D eigenvalue weighted by Crippen LogP contribution is 2.44. The lowest BCUT2D eigenvalue weighted by Gasteiger charge is -2.29. The number of benzene rings is 1. The molecule has 3 atom stereocenters. The van der Waals surface area contributed by atoms with Crippen LogP contribution in [0.15, 0.2) is 24.3 Å². The molecule has 0 radical (unpaired) electrons. The zero-order valence-electron chi connectivity index (χ0n) is 13.3. The second kappa shape index (κ2) is 5.94. The molecule has 0 spiro atoms. The Labute approximate surface area is 133 Å². The number of carbonyl (C=O) groups is 1. The number of nitrogens with one attached hydrogen (secondary N) is 1. The van der Waals surface area contributed by atoms with Gasteiger partial charge in [-0.2, -0.15) is 0 Å². The summed E-state index contributed by atoms with van der Waals surface area (Å²) >= 11 is 0. The highest BCUT2D eigenvalue weighted by atomic mass is 16.1. The smallest absolute Gasteiger partial charge is 0.251 e. The third-order valence-electron chi connectivity index (χ3n) is 5.91. The molecular formula is C19H26N2O. The number of nitrogens with zero attached hydrogens (tertiary/aromatic N) is 1. The van der Waals surface area contributed by atoms with Gasteiger partial charge in [0.2, 0.25) is 0 Å². The van der Waals surface area contributed by atoms with E-state index < -0.39 is 0 Å². The third-order valence-corrected chi connectivity index (χ3v) is 5.91. The number of fused-ring (bicyclic) bond motifs is 2. The number of hydrogen-bond donors (Lipinski definition) is 1. The van der Waals surface area contributed by atoms with Gasteiger partial charge >= 0.3 is 0 Å². The second-order valence-corrected chi connectivity index (χ2v) is 7.35. The summed E-state index contributed by atoms with van der Waals surface area (Å²) < 4.78 is 0. The second-order valence-electron chi connectivity index (χ2n) is 7.35. The van der Waals surface area contributed by atoms with Gasteiger partial charge in [0.15, 0.2) is 0 Å². The number of rotatable bonds is 3. The van der Waals surface area contributed by atoms with E-state index in [4.69, 9.17) is 0 Å². The van der Waals surface area contributed by atoms with Crippen molar-refractivity contribution < 1.29 is 4.79 Å². The van der Waals surface area contributed by atoms with E-state index in [2.05, 4.69) is 22.3 Å². The van der Waals surface area contributed by atoms with Crippen LogP contribution in [0, 0.1) is 11.8 Å². The van der Waals surface area contributed by atoms with Crippen LogP contribution < -0.4 is 10.2 Å². The van der Waals surface area contributed by atoms with Crippen molar-refractivity contribution in [2.75, 3.05) is 18.0 Å². The Morgan fingerprint density at radius 1 is 1.00 bits per heavy atom. The Hall–Kier alpha value is -1.51. The Morgan fingerprint density at radius 2 is 1.77 bits per heavy atom. The first-order valence-corrected chi connectivity index (χ1v) is 8.95. The monoisotopic (exact) mass is 298 g/mol. The van der Waals surface area contributed by atoms with Gasteiger partial charge in [-0.25, -0.2) is 0 Å². The van der Waals surface area contributed by atoms with Gasteiger partial charge in [-0.05, 0) is 74.6 Å². The minimum absolute atomic E-state index is 0.114. The maximum absolute atomic E-state index is 12.4. The van der Waals surface area contributed by atoms with E-state index >= 15 is 0 Å². The first kappa shape index (κ1) is 14.1. The van der Waals surface area contributed by atoms with Gasteiger partial charge < -0.3 is 10.2 Å². The fourth-order valence-corrected chi connectivity index (χ4v) is 4.65. The Balaban J connectivity index is 1.38. The predicted octanol–water partition coefficient (Wildman–Crippen LogP) is 3.60. The van der Waals surface area contributed by atoms with Crippen molar-refractivity contribution in [3.8, 4) is 0 Å². The van der Waals surface area contributed by atoms with Crippen LogP contribution >= 0.6 is 0 Å². The van der Waals surface area contributed by atoms with Crippen molar-refractivity contribution in [1.29, 1.82) is 0 Å². The zero-order chi connectivity index (χ0) is 14.9. The van der Waals surface area contributed by atoms with Crippen LogP contribution in [0.1, 0.15) is 55.3 Å². The van der Waals surface area contributed by atoms with Crippen LogP contribution in [0.3, 0.4) is 0 Å². The summed E-state index contributed by atoms with van der Waals surface area (Å²) in [6, 6.07) is 8.63. The topological polar surface area (TPSA) is 32.3 Å². The minimum Gasteiger partial charge on any atom is -0.372 e. The summed E-state index contributed by atoms with van der Waals surface area (Å²) in [4.78, 5) is 14.9. The number of hydrogen-bond acceptors (Lipinski definition) is 2. The first-order chi connectivity index (χ1) is 10.8. The van der Waals surface area contributed by atoms with E-state index in [0.29, 0.717) is 6.04 Å². The van der Waals surface area contributed by atoms with Gasteiger partial charge in [-0.3, -0.25) is 4.79 Å². The van der Waals surface area contributed by atoms with Crippen LogP contribution in [0.4, 0.5) is 5.69 Å². The van der Waals surface area contributed by atoms with Crippen LogP contribution in [-0.4, -0.2) is 25.0 Å². The third kappa shape index (κ3) is 2.73. The molecule has 1 N–H and O–H groups in total. The summed E-state index contributed by atoms with van der Waals surface area (Å²) in [7, 11) is 0. The van der Waals surface area contributed by atoms with E-state index in [9.17, 15) is 4.79 Å². The molecule has 0 aromatic heterocycles. The molecule has 1 aromatic rings. The average molecular weight is 298 g/mol. The first-order valence-electron chi connectivity index (χ1n) is 8.95. The lowest BCUT2D eigenvalue weighted by molar-refractivity contribution is 0.0923. The van der Waals surface area contributed by atoms with Crippen molar-refractivity contribution in [3.63, 3.8) is 0 Å². The SMILES string of the molecule is O=C(NC1CC2CCC1C2)c1ccc(N2CCCCC2)cc1. The van der Waals surface area contributed by atoms with Gasteiger partial charge in [-0.1, -0.05) is 6.42 Å². The predicted molar refractivity (Wildman–Crippen MR) is 89.2 cm³/mol. The Morgan fingerprint density at radius 3 is 2.41 bits per heavy atom. The molecule has 1 aliphatic heterocycles. The summed E-state index contributed by atoms with van der Waals surface area (Å²) in [5.41, 5.74) is 2.07. The molecule has 118 valence electrons. The Kier molecular flexibility index (Phi) is 3.81. The van der Waals surface area contributed by atoms with Crippen molar-refractivity contribution in [3.05, 3.63) is 29.8 Å². The molecule has 2 saturated carbocycles. The number of piperidine rings is 1. The largest absolute Gasteiger partial charge is 0.372 e. The summed E-state index contributed by atoms with van der Waals surface area (Å²) in [6.07, 6.45) is 9.13. The molecule has 3 fully saturated rings. The van der Waals surface area contributed by atoms with Crippen LogP contribution in [0.25, 0.3) is 0 Å². The van der Waals surface area contributed by atoms with Crippen molar-refractivity contribution in [2.24, 2.45) is 11.8 Å². The molecule has 3 aliphatic rings. The fourth-order valence-electron chi connectivity index (χ4n) is 4.65. The summed E-state index contributed by atoms with van der Waals surface area (Å²) in [6.45, 7) is 2.30. The number of amides is 1. The van der Waals surface area contributed by atoms with Crippen molar-refractivity contribution in [1.82, 2.24) is 5.32 Å². The van der Waals surface area contributed by atoms with E-state index in [1.807, 2.05) is 12.1 Å². The molecule has 22 heavy (non-hydrogen) atoms. The van der Waals surface area contributed by atoms with Crippen molar-refractivity contribution in [2.45, 2.75) is 51.0 Å². The quantitative estimate of drug-likeness (QED) is 0.925. The normalized spacial score (nSPS) is 30.5. The highest BCUT2D eigenvalue weighted by Gasteiger charge is 2.40. The minimum atomic E-state index is 0.114. The summed E-state index contributed by atoms with van der Waals surface area (Å²) in [5.74, 6) is 1.72. The van der Waals surface area contributed by atoms with Gasteiger partial charge in [0.1, 0.15) is 0 Å². The van der Waals surface area contributed by atoms with E-state index in [0.717, 1.165) is 30.5 Å². The van der Waals surface area contributed by atoms with Gasteiger partial charge in [0.25, 0.3) is 5.91 Å². The standard InChI is InChI=1S/C19H26N2O/c22-19(20-18-13-14-4-5-16(18)12-14)15-6-8-17(9-7-15)21-10-2-1-3-11-21/h6-9,14,16,18H,1-5,10-13H2,(H,20,22). The molecule has 3 heteroatoms. The van der Waals surface area contributed by atoms with Crippen LogP contribution in [-0.2, 0) is 0 Å². The van der Waals surface area contributed by atoms with Crippen molar-refractivity contribution >= 4 is 11.6 Å². The summed E-state index contributed by atoms with van der Waals surface area (Å²) in [5, 5.41) is 3.27. The molecule has 2 aliphatic carbocycles. The number of carbonyl (C=O) groups excluding carboxylic acids is 1. The van der Waals surface area contributed by atoms with Crippen LogP contribution in [0.2, 0.25) is 0 Å². The molecule has 1 saturated heterocycles. The lowest BCUT2D eigenvalue weighted by Crippen LogP contribution is -2.38. The van der Waals surface area contributed by atoms with Gasteiger partial charge in [0.05, 0.1) is 0 Å². The highest BCUT2D eigenvalue weighted by molar-refractivity contribution is 5.94. The molecule has 2 bridgehead atoms. The van der Waals surface area contributed by atoms with Gasteiger partial charge in [-0.15, -0.1) is 0 Å². The number of anilines is 1. The Bertz CT molecular complexity index is 533. The van der Waals surface area contributed by atoms with E-state index in [1.165, 1.54) is 50.6 Å². The van der Waals surface area contributed by atoms with Gasteiger partial charge in [0, 0.05) is 30.4 Å². The zero-order valence-corrected chi connectivity index (χ0v) is 13.3. The fraction of sp³-hybridized carbons (Fsp3) is 0.632. The molecule has 4 rings (SSSR count). The van der Waals surface area contributed by atoms with E-state index in [1.54, 1.807) is 0 Å². The van der Waals surface area contributed by atoms with Crippen LogP contribution in [0.5, 0.6) is 0 Å². The molecule has 1 heterocycles.